The minimum absolute atomic E-state index is 0.519. The zero-order chi connectivity index (χ0) is 15.2. The van der Waals surface area contributed by atoms with Gasteiger partial charge in [-0.1, -0.05) is 23.7 Å². The van der Waals surface area contributed by atoms with Crippen LogP contribution in [0, 0.1) is 0 Å². The average Bonchev–Trinajstić information content (AvgIpc) is 2.50. The summed E-state index contributed by atoms with van der Waals surface area (Å²) in [6.45, 7) is 0.556. The van der Waals surface area contributed by atoms with Gasteiger partial charge in [0.2, 0.25) is 5.75 Å². The third-order valence-electron chi connectivity index (χ3n) is 3.04. The lowest BCUT2D eigenvalue weighted by atomic mass is 10.1. The third kappa shape index (κ3) is 3.60. The van der Waals surface area contributed by atoms with Crippen molar-refractivity contribution in [3.8, 4) is 23.0 Å². The molecule has 0 radical (unpaired) electrons. The Morgan fingerprint density at radius 2 is 1.71 bits per heavy atom. The maximum Gasteiger partial charge on any atom is 0.210 e. The number of rotatable bonds is 6. The number of benzene rings is 2. The first-order chi connectivity index (χ1) is 10.2. The van der Waals surface area contributed by atoms with Gasteiger partial charge in [-0.2, -0.15) is 0 Å². The van der Waals surface area contributed by atoms with Crippen LogP contribution in [-0.2, 0) is 6.42 Å². The van der Waals surface area contributed by atoms with Crippen LogP contribution in [-0.4, -0.2) is 20.8 Å². The molecule has 2 N–H and O–H groups in total. The van der Waals surface area contributed by atoms with Crippen molar-refractivity contribution in [3.05, 3.63) is 47.0 Å². The largest absolute Gasteiger partial charge is 0.493 e. The topological polar surface area (TPSA) is 53.7 Å². The molecule has 0 aliphatic rings. The second kappa shape index (κ2) is 7.20. The lowest BCUT2D eigenvalue weighted by Crippen LogP contribution is -2.03. The van der Waals surface area contributed by atoms with Crippen LogP contribution in [0.2, 0.25) is 5.02 Å². The minimum atomic E-state index is 0.519. The van der Waals surface area contributed by atoms with E-state index in [0.29, 0.717) is 34.6 Å². The van der Waals surface area contributed by atoms with Crippen LogP contribution in [0.4, 0.5) is 0 Å². The Bertz CT molecular complexity index is 594. The normalized spacial score (nSPS) is 10.3. The quantitative estimate of drug-likeness (QED) is 0.885. The Morgan fingerprint density at radius 3 is 2.24 bits per heavy atom. The average molecular weight is 308 g/mol. The molecule has 0 aliphatic heterocycles. The molecule has 0 saturated heterocycles. The molecule has 112 valence electrons. The van der Waals surface area contributed by atoms with E-state index in [-0.39, 0.29) is 0 Å². The molecule has 0 bridgehead atoms. The smallest absolute Gasteiger partial charge is 0.210 e. The van der Waals surface area contributed by atoms with Crippen LogP contribution in [0.3, 0.4) is 0 Å². The molecule has 0 heterocycles. The second-order valence-corrected chi connectivity index (χ2v) is 4.79. The van der Waals surface area contributed by atoms with Crippen molar-refractivity contribution < 1.29 is 14.2 Å². The number of hydrogen-bond acceptors (Lipinski definition) is 4. The van der Waals surface area contributed by atoms with Crippen LogP contribution in [0.15, 0.2) is 36.4 Å². The Balaban J connectivity index is 2.32. The number of ether oxygens (including phenoxy) is 3. The van der Waals surface area contributed by atoms with Crippen molar-refractivity contribution >= 4 is 11.6 Å². The molecule has 0 aliphatic carbocycles. The molecule has 0 unspecified atom stereocenters. The Hall–Kier alpha value is -1.91. The highest BCUT2D eigenvalue weighted by molar-refractivity contribution is 6.31. The van der Waals surface area contributed by atoms with E-state index in [1.807, 2.05) is 30.3 Å². The van der Waals surface area contributed by atoms with Gasteiger partial charge in [-0.05, 0) is 42.8 Å². The number of hydrogen-bond donors (Lipinski definition) is 1. The van der Waals surface area contributed by atoms with E-state index in [0.717, 1.165) is 12.0 Å². The zero-order valence-corrected chi connectivity index (χ0v) is 12.8. The highest BCUT2D eigenvalue weighted by atomic mass is 35.5. The Morgan fingerprint density at radius 1 is 1.05 bits per heavy atom. The fraction of sp³-hybridized carbons (Fsp3) is 0.250. The molecule has 0 fully saturated rings. The van der Waals surface area contributed by atoms with E-state index in [4.69, 9.17) is 31.5 Å². The molecular weight excluding hydrogens is 290 g/mol. The second-order valence-electron chi connectivity index (χ2n) is 4.39. The van der Waals surface area contributed by atoms with Crippen LogP contribution in [0.1, 0.15) is 5.56 Å². The van der Waals surface area contributed by atoms with Gasteiger partial charge in [0.05, 0.1) is 14.2 Å². The van der Waals surface area contributed by atoms with Crippen molar-refractivity contribution in [3.63, 3.8) is 0 Å². The molecular formula is C16H18ClNO3. The third-order valence-corrected chi connectivity index (χ3v) is 3.39. The molecule has 0 saturated carbocycles. The molecule has 0 spiro atoms. The molecule has 5 heteroatoms. The number of nitrogens with two attached hydrogens (primary N) is 1. The summed E-state index contributed by atoms with van der Waals surface area (Å²) in [5.41, 5.74) is 6.54. The first-order valence-corrected chi connectivity index (χ1v) is 6.94. The van der Waals surface area contributed by atoms with Gasteiger partial charge < -0.3 is 19.9 Å². The molecule has 21 heavy (non-hydrogen) atoms. The van der Waals surface area contributed by atoms with Gasteiger partial charge in [0.1, 0.15) is 5.75 Å². The number of para-hydroxylation sites is 1. The zero-order valence-electron chi connectivity index (χ0n) is 12.1. The molecule has 2 aromatic rings. The molecule has 0 amide bonds. The predicted octanol–water partition coefficient (Wildman–Crippen LogP) is 3.65. The summed E-state index contributed by atoms with van der Waals surface area (Å²) in [5.74, 6) is 2.32. The summed E-state index contributed by atoms with van der Waals surface area (Å²) in [7, 11) is 3.16. The van der Waals surface area contributed by atoms with E-state index in [1.54, 1.807) is 20.3 Å². The van der Waals surface area contributed by atoms with Gasteiger partial charge in [-0.25, -0.2) is 0 Å². The van der Waals surface area contributed by atoms with E-state index in [9.17, 15) is 0 Å². The monoisotopic (exact) mass is 307 g/mol. The summed E-state index contributed by atoms with van der Waals surface area (Å²) >= 11 is 6.22. The van der Waals surface area contributed by atoms with Crippen molar-refractivity contribution in [2.24, 2.45) is 5.73 Å². The molecule has 0 aromatic heterocycles. The Labute approximate surface area is 129 Å². The fourth-order valence-corrected chi connectivity index (χ4v) is 2.25. The van der Waals surface area contributed by atoms with E-state index >= 15 is 0 Å². The van der Waals surface area contributed by atoms with Crippen LogP contribution in [0.5, 0.6) is 23.0 Å². The molecule has 2 aromatic carbocycles. The van der Waals surface area contributed by atoms with E-state index in [1.165, 1.54) is 0 Å². The van der Waals surface area contributed by atoms with Crippen LogP contribution >= 0.6 is 11.6 Å². The lowest BCUT2D eigenvalue weighted by Gasteiger charge is -2.14. The number of halogens is 1. The molecule has 0 atom stereocenters. The predicted molar refractivity (Wildman–Crippen MR) is 83.8 cm³/mol. The summed E-state index contributed by atoms with van der Waals surface area (Å²) in [6, 6.07) is 11.0. The SMILES string of the molecule is COc1cccc(OC)c1Oc1ccc(CCN)c(Cl)c1. The first kappa shape index (κ1) is 15.5. The summed E-state index contributed by atoms with van der Waals surface area (Å²) in [4.78, 5) is 0. The van der Waals surface area contributed by atoms with Gasteiger partial charge in [0.25, 0.3) is 0 Å². The lowest BCUT2D eigenvalue weighted by molar-refractivity contribution is 0.346. The maximum absolute atomic E-state index is 6.22. The fourth-order valence-electron chi connectivity index (χ4n) is 1.99. The van der Waals surface area contributed by atoms with E-state index in [2.05, 4.69) is 0 Å². The van der Waals surface area contributed by atoms with E-state index < -0.39 is 0 Å². The van der Waals surface area contributed by atoms with Crippen molar-refractivity contribution in [1.29, 1.82) is 0 Å². The highest BCUT2D eigenvalue weighted by Gasteiger charge is 2.13. The van der Waals surface area contributed by atoms with Crippen LogP contribution < -0.4 is 19.9 Å². The van der Waals surface area contributed by atoms with Gasteiger partial charge >= 0.3 is 0 Å². The Kier molecular flexibility index (Phi) is 5.31. The van der Waals surface area contributed by atoms with Gasteiger partial charge in [-0.15, -0.1) is 0 Å². The van der Waals surface area contributed by atoms with Crippen molar-refractivity contribution in [2.75, 3.05) is 20.8 Å². The maximum atomic E-state index is 6.22. The van der Waals surface area contributed by atoms with Gasteiger partial charge in [0.15, 0.2) is 11.5 Å². The van der Waals surface area contributed by atoms with Gasteiger partial charge in [0, 0.05) is 5.02 Å². The first-order valence-electron chi connectivity index (χ1n) is 6.57. The summed E-state index contributed by atoms with van der Waals surface area (Å²) < 4.78 is 16.5. The summed E-state index contributed by atoms with van der Waals surface area (Å²) in [6.07, 6.45) is 0.733. The van der Waals surface area contributed by atoms with Crippen molar-refractivity contribution in [1.82, 2.24) is 0 Å². The molecule has 2 rings (SSSR count). The molecule has 4 nitrogen and oxygen atoms in total. The van der Waals surface area contributed by atoms with Crippen LogP contribution in [0.25, 0.3) is 0 Å². The van der Waals surface area contributed by atoms with Crippen molar-refractivity contribution in [2.45, 2.75) is 6.42 Å². The summed E-state index contributed by atoms with van der Waals surface area (Å²) in [5, 5.41) is 0.631. The van der Waals surface area contributed by atoms with Gasteiger partial charge in [-0.3, -0.25) is 0 Å². The number of methoxy groups -OCH3 is 2. The minimum Gasteiger partial charge on any atom is -0.493 e. The standard InChI is InChI=1S/C16H18ClNO3/c1-19-14-4-3-5-15(20-2)16(14)21-12-7-6-11(8-9-18)13(17)10-12/h3-7,10H,8-9,18H2,1-2H3. The highest BCUT2D eigenvalue weighted by Crippen LogP contribution is 2.40.